The number of nitrogens with zero attached hydrogens (tertiary/aromatic N) is 1. The van der Waals surface area contributed by atoms with E-state index >= 15 is 0 Å². The highest BCUT2D eigenvalue weighted by atomic mass is 16.1. The van der Waals surface area contributed by atoms with Gasteiger partial charge >= 0.3 is 0 Å². The summed E-state index contributed by atoms with van der Waals surface area (Å²) in [5.41, 5.74) is 2.95. The highest BCUT2D eigenvalue weighted by Crippen LogP contribution is 2.10. The van der Waals surface area contributed by atoms with Gasteiger partial charge in [-0.2, -0.15) is 0 Å². The van der Waals surface area contributed by atoms with Crippen LogP contribution in [-0.4, -0.2) is 10.9 Å². The Balaban J connectivity index is 2.06. The fourth-order valence-corrected chi connectivity index (χ4v) is 1.61. The number of nitrogens with one attached hydrogen (secondary N) is 1. The fraction of sp³-hybridized carbons (Fsp3) is 0.143. The normalized spacial score (nSPS) is 9.94. The third-order valence-electron chi connectivity index (χ3n) is 2.37. The minimum absolute atomic E-state index is 0.0809. The van der Waals surface area contributed by atoms with Crippen molar-refractivity contribution < 1.29 is 4.79 Å². The molecule has 2 rings (SSSR count). The van der Waals surface area contributed by atoms with Crippen molar-refractivity contribution in [3.8, 4) is 0 Å². The first-order chi connectivity index (χ1) is 8.24. The molecule has 0 spiro atoms. The van der Waals surface area contributed by atoms with Crippen LogP contribution in [0.25, 0.3) is 0 Å². The monoisotopic (exact) mass is 226 g/mol. The van der Waals surface area contributed by atoms with Crippen LogP contribution in [-0.2, 0) is 11.2 Å². The number of hydrogen-bond donors (Lipinski definition) is 1. The van der Waals surface area contributed by atoms with Crippen LogP contribution in [0, 0.1) is 0 Å². The van der Waals surface area contributed by atoms with E-state index in [0.29, 0.717) is 0 Å². The molecule has 1 aromatic carbocycles. The van der Waals surface area contributed by atoms with E-state index in [2.05, 4.69) is 22.4 Å². The summed E-state index contributed by atoms with van der Waals surface area (Å²) in [6, 6.07) is 14.0. The molecule has 0 radical (unpaired) electrons. The summed E-state index contributed by atoms with van der Waals surface area (Å²) in [5, 5.41) is 2.69. The molecule has 1 N–H and O–H groups in total. The molecule has 3 nitrogen and oxygen atoms in total. The molecule has 0 aliphatic carbocycles. The summed E-state index contributed by atoms with van der Waals surface area (Å²) in [6.45, 7) is 1.48. The number of anilines is 1. The van der Waals surface area contributed by atoms with E-state index in [9.17, 15) is 4.79 Å². The molecule has 0 bridgehead atoms. The molecule has 1 amide bonds. The molecule has 17 heavy (non-hydrogen) atoms. The number of aromatic nitrogens is 1. The van der Waals surface area contributed by atoms with Crippen LogP contribution in [0.5, 0.6) is 0 Å². The van der Waals surface area contributed by atoms with E-state index in [1.807, 2.05) is 30.3 Å². The van der Waals surface area contributed by atoms with Gasteiger partial charge in [-0.3, -0.25) is 9.78 Å². The highest BCUT2D eigenvalue weighted by Gasteiger charge is 1.99. The lowest BCUT2D eigenvalue weighted by Gasteiger charge is -2.04. The van der Waals surface area contributed by atoms with Crippen molar-refractivity contribution in [1.82, 2.24) is 4.98 Å². The molecule has 3 heteroatoms. The smallest absolute Gasteiger partial charge is 0.221 e. The topological polar surface area (TPSA) is 42.0 Å². The molecule has 1 aromatic heterocycles. The van der Waals surface area contributed by atoms with Gasteiger partial charge in [0.15, 0.2) is 0 Å². The van der Waals surface area contributed by atoms with Gasteiger partial charge in [-0.25, -0.2) is 0 Å². The van der Waals surface area contributed by atoms with Gasteiger partial charge in [0.1, 0.15) is 0 Å². The van der Waals surface area contributed by atoms with Crippen molar-refractivity contribution in [2.45, 2.75) is 13.3 Å². The lowest BCUT2D eigenvalue weighted by atomic mass is 10.1. The van der Waals surface area contributed by atoms with Crippen molar-refractivity contribution in [3.63, 3.8) is 0 Å². The summed E-state index contributed by atoms with van der Waals surface area (Å²) < 4.78 is 0. The Morgan fingerprint density at radius 2 is 1.94 bits per heavy atom. The van der Waals surface area contributed by atoms with Crippen LogP contribution in [0.15, 0.2) is 48.7 Å². The second kappa shape index (κ2) is 5.25. The average Bonchev–Trinajstić information content (AvgIpc) is 2.32. The number of rotatable bonds is 3. The predicted molar refractivity (Wildman–Crippen MR) is 67.8 cm³/mol. The Morgan fingerprint density at radius 3 is 2.53 bits per heavy atom. The minimum atomic E-state index is -0.0809. The second-order valence-corrected chi connectivity index (χ2v) is 3.88. The van der Waals surface area contributed by atoms with Crippen LogP contribution < -0.4 is 5.32 Å². The Morgan fingerprint density at radius 1 is 1.18 bits per heavy atom. The number of hydrogen-bond acceptors (Lipinski definition) is 2. The molecule has 0 aliphatic rings. The third kappa shape index (κ3) is 3.41. The van der Waals surface area contributed by atoms with Gasteiger partial charge in [0.05, 0.1) is 11.9 Å². The molecule has 0 saturated heterocycles. The van der Waals surface area contributed by atoms with Gasteiger partial charge in [-0.1, -0.05) is 30.3 Å². The Labute approximate surface area is 101 Å². The summed E-state index contributed by atoms with van der Waals surface area (Å²) >= 11 is 0. The zero-order valence-electron chi connectivity index (χ0n) is 9.68. The Kier molecular flexibility index (Phi) is 3.50. The Hall–Kier alpha value is -2.16. The van der Waals surface area contributed by atoms with Crippen LogP contribution in [0.3, 0.4) is 0 Å². The first kappa shape index (κ1) is 11.3. The molecular formula is C14H14N2O. The molecule has 86 valence electrons. The van der Waals surface area contributed by atoms with Gasteiger partial charge in [0.25, 0.3) is 0 Å². The quantitative estimate of drug-likeness (QED) is 0.874. The van der Waals surface area contributed by atoms with Crippen LogP contribution in [0.4, 0.5) is 5.69 Å². The van der Waals surface area contributed by atoms with Crippen molar-refractivity contribution in [3.05, 3.63) is 59.9 Å². The molecule has 1 heterocycles. The zero-order chi connectivity index (χ0) is 12.1. The van der Waals surface area contributed by atoms with Crippen LogP contribution >= 0.6 is 0 Å². The molecule has 0 saturated carbocycles. The first-order valence-electron chi connectivity index (χ1n) is 5.50. The summed E-state index contributed by atoms with van der Waals surface area (Å²) in [5.74, 6) is -0.0809. The number of carbonyl (C=O) groups excluding carboxylic acids is 1. The number of benzene rings is 1. The van der Waals surface area contributed by atoms with E-state index < -0.39 is 0 Å². The van der Waals surface area contributed by atoms with Gasteiger partial charge in [-0.05, 0) is 17.7 Å². The van der Waals surface area contributed by atoms with Crippen LogP contribution in [0.2, 0.25) is 0 Å². The number of amides is 1. The highest BCUT2D eigenvalue weighted by molar-refractivity contribution is 5.88. The SMILES string of the molecule is CC(=O)Nc1ccc(Cc2ccccc2)nc1. The third-order valence-corrected chi connectivity index (χ3v) is 2.37. The van der Waals surface area contributed by atoms with E-state index in [1.54, 1.807) is 6.20 Å². The first-order valence-corrected chi connectivity index (χ1v) is 5.50. The summed E-state index contributed by atoms with van der Waals surface area (Å²) in [6.07, 6.45) is 2.49. The lowest BCUT2D eigenvalue weighted by molar-refractivity contribution is -0.114. The van der Waals surface area contributed by atoms with Gasteiger partial charge < -0.3 is 5.32 Å². The Bertz CT molecular complexity index is 491. The summed E-state index contributed by atoms with van der Waals surface area (Å²) in [4.78, 5) is 15.2. The van der Waals surface area contributed by atoms with Crippen molar-refractivity contribution >= 4 is 11.6 Å². The number of carbonyl (C=O) groups is 1. The molecule has 0 atom stereocenters. The lowest BCUT2D eigenvalue weighted by Crippen LogP contribution is -2.06. The van der Waals surface area contributed by atoms with Gasteiger partial charge in [0.2, 0.25) is 5.91 Å². The van der Waals surface area contributed by atoms with Crippen molar-refractivity contribution in [1.29, 1.82) is 0 Å². The van der Waals surface area contributed by atoms with Gasteiger partial charge in [-0.15, -0.1) is 0 Å². The predicted octanol–water partition coefficient (Wildman–Crippen LogP) is 2.63. The maximum absolute atomic E-state index is 10.9. The number of pyridine rings is 1. The molecule has 0 aliphatic heterocycles. The van der Waals surface area contributed by atoms with Crippen molar-refractivity contribution in [2.24, 2.45) is 0 Å². The molecule has 0 unspecified atom stereocenters. The largest absolute Gasteiger partial charge is 0.325 e. The minimum Gasteiger partial charge on any atom is -0.325 e. The standard InChI is InChI=1S/C14H14N2O/c1-11(17)16-14-8-7-13(15-10-14)9-12-5-3-2-4-6-12/h2-8,10H,9H2,1H3,(H,16,17). The zero-order valence-corrected chi connectivity index (χ0v) is 9.68. The maximum atomic E-state index is 10.9. The van der Waals surface area contributed by atoms with Crippen molar-refractivity contribution in [2.75, 3.05) is 5.32 Å². The molecule has 2 aromatic rings. The summed E-state index contributed by atoms with van der Waals surface area (Å²) in [7, 11) is 0. The maximum Gasteiger partial charge on any atom is 0.221 e. The van der Waals surface area contributed by atoms with E-state index in [-0.39, 0.29) is 5.91 Å². The van der Waals surface area contributed by atoms with E-state index in [0.717, 1.165) is 17.8 Å². The molecular weight excluding hydrogens is 212 g/mol. The second-order valence-electron chi connectivity index (χ2n) is 3.88. The average molecular weight is 226 g/mol. The van der Waals surface area contributed by atoms with Gasteiger partial charge in [0, 0.05) is 19.0 Å². The van der Waals surface area contributed by atoms with Crippen LogP contribution in [0.1, 0.15) is 18.2 Å². The molecule has 0 fully saturated rings. The van der Waals surface area contributed by atoms with E-state index in [1.165, 1.54) is 12.5 Å². The van der Waals surface area contributed by atoms with E-state index in [4.69, 9.17) is 0 Å². The fourth-order valence-electron chi connectivity index (χ4n) is 1.61.